The highest BCUT2D eigenvalue weighted by molar-refractivity contribution is 14.1. The predicted octanol–water partition coefficient (Wildman–Crippen LogP) is 2.48. The van der Waals surface area contributed by atoms with Crippen LogP contribution in [0.2, 0.25) is 0 Å². The van der Waals surface area contributed by atoms with E-state index in [0.29, 0.717) is 17.1 Å². The van der Waals surface area contributed by atoms with E-state index < -0.39 is 15.6 Å². The van der Waals surface area contributed by atoms with Crippen molar-refractivity contribution in [2.75, 3.05) is 19.0 Å². The minimum Gasteiger partial charge on any atom is -0.478 e. The monoisotopic (exact) mass is 407 g/mol. The molecular formula is C13H18IN3O4. The molecule has 3 N–H and O–H groups in total. The molecule has 0 spiro atoms. The first-order valence-corrected chi connectivity index (χ1v) is 7.37. The molecule has 0 saturated heterocycles. The number of halogens is 1. The summed E-state index contributed by atoms with van der Waals surface area (Å²) in [5.74, 6) is -1.10. The lowest BCUT2D eigenvalue weighted by Crippen LogP contribution is -2.33. The Bertz CT molecular complexity index is 561. The molecule has 7 nitrogen and oxygen atoms in total. The maximum Gasteiger partial charge on any atom is 0.411 e. The van der Waals surface area contributed by atoms with E-state index in [1.807, 2.05) is 6.92 Å². The standard InChI is InChI=1S/C13H18IN3O4/c1-5-21-12(20)17-9-6-8(11(18)19)7(2)16-10(9)13(3,14)15-4/h6,15H,5H2,1-4H3,(H,17,20)(H,18,19). The predicted molar refractivity (Wildman–Crippen MR) is 87.0 cm³/mol. The Balaban J connectivity index is 3.37. The lowest BCUT2D eigenvalue weighted by molar-refractivity contribution is 0.0695. The van der Waals surface area contributed by atoms with Crippen molar-refractivity contribution in [1.29, 1.82) is 0 Å². The van der Waals surface area contributed by atoms with Crippen LogP contribution in [-0.4, -0.2) is 35.8 Å². The second-order valence-electron chi connectivity index (χ2n) is 4.42. The van der Waals surface area contributed by atoms with Gasteiger partial charge in [0.05, 0.1) is 29.2 Å². The van der Waals surface area contributed by atoms with Crippen LogP contribution in [0.15, 0.2) is 6.07 Å². The molecule has 1 unspecified atom stereocenters. The third-order valence-electron chi connectivity index (χ3n) is 2.87. The van der Waals surface area contributed by atoms with Crippen molar-refractivity contribution < 1.29 is 19.4 Å². The first-order chi connectivity index (χ1) is 9.72. The Morgan fingerprint density at radius 1 is 1.52 bits per heavy atom. The van der Waals surface area contributed by atoms with Crippen LogP contribution in [0.3, 0.4) is 0 Å². The van der Waals surface area contributed by atoms with Crippen LogP contribution in [0.4, 0.5) is 10.5 Å². The average Bonchev–Trinajstić information content (AvgIpc) is 2.40. The topological polar surface area (TPSA) is 101 Å². The number of alkyl halides is 1. The minimum absolute atomic E-state index is 0.0360. The van der Waals surface area contributed by atoms with Crippen molar-refractivity contribution in [3.05, 3.63) is 23.0 Å². The van der Waals surface area contributed by atoms with E-state index in [9.17, 15) is 14.7 Å². The number of hydrogen-bond donors (Lipinski definition) is 3. The van der Waals surface area contributed by atoms with Gasteiger partial charge in [-0.15, -0.1) is 0 Å². The van der Waals surface area contributed by atoms with Crippen molar-refractivity contribution in [3.63, 3.8) is 0 Å². The molecule has 0 aliphatic rings. The van der Waals surface area contributed by atoms with Crippen LogP contribution in [0.1, 0.15) is 35.6 Å². The molecule has 1 aromatic rings. The van der Waals surface area contributed by atoms with Crippen LogP contribution in [-0.2, 0) is 8.28 Å². The zero-order valence-corrected chi connectivity index (χ0v) is 14.4. The van der Waals surface area contributed by atoms with Crippen molar-refractivity contribution in [1.82, 2.24) is 10.3 Å². The van der Waals surface area contributed by atoms with Gasteiger partial charge in [-0.2, -0.15) is 0 Å². The number of rotatable bonds is 5. The second kappa shape index (κ2) is 7.03. The number of carbonyl (C=O) groups is 2. The molecule has 0 saturated carbocycles. The molecule has 0 aliphatic carbocycles. The number of anilines is 1. The Kier molecular flexibility index (Phi) is 5.90. The number of amides is 1. The van der Waals surface area contributed by atoms with Crippen LogP contribution in [0.5, 0.6) is 0 Å². The fourth-order valence-corrected chi connectivity index (χ4v) is 2.08. The van der Waals surface area contributed by atoms with Crippen molar-refractivity contribution in [2.24, 2.45) is 0 Å². The molecule has 21 heavy (non-hydrogen) atoms. The maximum atomic E-state index is 11.6. The van der Waals surface area contributed by atoms with Gasteiger partial charge >= 0.3 is 12.1 Å². The molecular weight excluding hydrogens is 389 g/mol. The molecule has 0 fully saturated rings. The summed E-state index contributed by atoms with van der Waals surface area (Å²) in [5, 5.41) is 14.8. The number of nitrogens with one attached hydrogen (secondary N) is 2. The second-order valence-corrected chi connectivity index (χ2v) is 6.58. The smallest absolute Gasteiger partial charge is 0.411 e. The van der Waals surface area contributed by atoms with E-state index in [1.54, 1.807) is 20.9 Å². The molecule has 8 heteroatoms. The average molecular weight is 407 g/mol. The first-order valence-electron chi connectivity index (χ1n) is 6.30. The zero-order chi connectivity index (χ0) is 16.2. The number of carboxylic acid groups (broad SMARTS) is 1. The zero-order valence-electron chi connectivity index (χ0n) is 12.3. The van der Waals surface area contributed by atoms with E-state index in [-0.39, 0.29) is 12.2 Å². The first kappa shape index (κ1) is 17.6. The third-order valence-corrected chi connectivity index (χ3v) is 3.92. The lowest BCUT2D eigenvalue weighted by atomic mass is 10.1. The van der Waals surface area contributed by atoms with Crippen molar-refractivity contribution >= 4 is 40.3 Å². The fourth-order valence-electron chi connectivity index (χ4n) is 1.67. The highest BCUT2D eigenvalue weighted by atomic mass is 127. The molecule has 1 heterocycles. The molecule has 1 atom stereocenters. The van der Waals surface area contributed by atoms with Crippen LogP contribution in [0, 0.1) is 6.92 Å². The number of carbonyl (C=O) groups excluding carboxylic acids is 1. The quantitative estimate of drug-likeness (QED) is 0.394. The number of carboxylic acids is 1. The van der Waals surface area contributed by atoms with Gasteiger partial charge in [-0.05, 0) is 33.9 Å². The van der Waals surface area contributed by atoms with Crippen molar-refractivity contribution in [2.45, 2.75) is 24.3 Å². The van der Waals surface area contributed by atoms with Gasteiger partial charge in [-0.25, -0.2) is 9.59 Å². The normalized spacial score (nSPS) is 13.4. The molecule has 0 bridgehead atoms. The number of nitrogens with zero attached hydrogens (tertiary/aromatic N) is 1. The third kappa shape index (κ3) is 4.27. The minimum atomic E-state index is -1.10. The number of ether oxygens (including phenoxy) is 1. The van der Waals surface area contributed by atoms with E-state index in [2.05, 4.69) is 38.2 Å². The number of pyridine rings is 1. The highest BCUT2D eigenvalue weighted by Crippen LogP contribution is 2.33. The van der Waals surface area contributed by atoms with Gasteiger partial charge in [0.2, 0.25) is 0 Å². The Hall–Kier alpha value is -1.42. The Labute approximate surface area is 136 Å². The molecule has 1 amide bonds. The van der Waals surface area contributed by atoms with Gasteiger partial charge in [-0.3, -0.25) is 10.3 Å². The molecule has 0 radical (unpaired) electrons. The molecule has 0 aliphatic heterocycles. The van der Waals surface area contributed by atoms with E-state index >= 15 is 0 Å². The lowest BCUT2D eigenvalue weighted by Gasteiger charge is -2.25. The highest BCUT2D eigenvalue weighted by Gasteiger charge is 2.28. The van der Waals surface area contributed by atoms with E-state index in [0.717, 1.165) is 0 Å². The Morgan fingerprint density at radius 3 is 2.62 bits per heavy atom. The number of aromatic carboxylic acids is 1. The number of hydrogen-bond acceptors (Lipinski definition) is 5. The molecule has 1 aromatic heterocycles. The summed E-state index contributed by atoms with van der Waals surface area (Å²) < 4.78 is 4.25. The summed E-state index contributed by atoms with van der Waals surface area (Å²) in [6.45, 7) is 5.39. The van der Waals surface area contributed by atoms with Crippen LogP contribution >= 0.6 is 22.6 Å². The summed E-state index contributed by atoms with van der Waals surface area (Å²) in [7, 11) is 1.75. The summed E-state index contributed by atoms with van der Waals surface area (Å²) in [6, 6.07) is 1.39. The Morgan fingerprint density at radius 2 is 2.14 bits per heavy atom. The largest absolute Gasteiger partial charge is 0.478 e. The van der Waals surface area contributed by atoms with Gasteiger partial charge < -0.3 is 15.2 Å². The number of aromatic nitrogens is 1. The summed E-state index contributed by atoms with van der Waals surface area (Å²) in [5.41, 5.74) is 1.25. The molecule has 0 aromatic carbocycles. The van der Waals surface area contributed by atoms with Gasteiger partial charge in [0, 0.05) is 0 Å². The van der Waals surface area contributed by atoms with Crippen LogP contribution < -0.4 is 10.6 Å². The molecule has 116 valence electrons. The maximum absolute atomic E-state index is 11.6. The van der Waals surface area contributed by atoms with E-state index in [1.165, 1.54) is 6.07 Å². The van der Waals surface area contributed by atoms with Gasteiger partial charge in [0.1, 0.15) is 3.55 Å². The summed E-state index contributed by atoms with van der Waals surface area (Å²) >= 11 is 2.13. The van der Waals surface area contributed by atoms with E-state index in [4.69, 9.17) is 4.74 Å². The fraction of sp³-hybridized carbons (Fsp3) is 0.462. The number of aryl methyl sites for hydroxylation is 1. The summed E-state index contributed by atoms with van der Waals surface area (Å²) in [4.78, 5) is 27.2. The summed E-state index contributed by atoms with van der Waals surface area (Å²) in [6.07, 6.45) is -0.649. The van der Waals surface area contributed by atoms with Gasteiger partial charge in [-0.1, -0.05) is 22.6 Å². The van der Waals surface area contributed by atoms with Gasteiger partial charge in [0.15, 0.2) is 0 Å². The van der Waals surface area contributed by atoms with Crippen molar-refractivity contribution in [3.8, 4) is 0 Å². The van der Waals surface area contributed by atoms with Crippen LogP contribution in [0.25, 0.3) is 0 Å². The SMILES string of the molecule is CCOC(=O)Nc1cc(C(=O)O)c(C)nc1C(C)(I)NC. The van der Waals surface area contributed by atoms with Gasteiger partial charge in [0.25, 0.3) is 0 Å². The molecule has 1 rings (SSSR count).